The summed E-state index contributed by atoms with van der Waals surface area (Å²) in [4.78, 5) is 12.7. The minimum atomic E-state index is -0.484. The van der Waals surface area contributed by atoms with Gasteiger partial charge in [0.05, 0.1) is 33.6 Å². The van der Waals surface area contributed by atoms with Gasteiger partial charge in [-0.05, 0) is 6.07 Å². The van der Waals surface area contributed by atoms with E-state index in [1.54, 1.807) is 12.3 Å². The van der Waals surface area contributed by atoms with Crippen molar-refractivity contribution < 1.29 is 14.2 Å². The van der Waals surface area contributed by atoms with E-state index in [1.165, 1.54) is 27.5 Å². The molecule has 0 spiro atoms. The average Bonchev–Trinajstić information content (AvgIpc) is 2.56. The first-order valence-corrected chi connectivity index (χ1v) is 6.15. The molecule has 0 saturated heterocycles. The number of hydrogen-bond donors (Lipinski definition) is 2. The fraction of sp³-hybridized carbons (Fsp3) is 0.308. The maximum Gasteiger partial charge on any atom is 0.240 e. The van der Waals surface area contributed by atoms with Gasteiger partial charge >= 0.3 is 0 Å². The molecule has 2 rings (SSSR count). The molecule has 112 valence electrons. The Hall–Kier alpha value is -2.45. The van der Waals surface area contributed by atoms with Crippen molar-refractivity contribution in [2.75, 3.05) is 21.3 Å². The highest BCUT2D eigenvalue weighted by atomic mass is 16.5. The Labute approximate surface area is 122 Å². The third kappa shape index (κ3) is 3.01. The first-order chi connectivity index (χ1) is 10.2. The third-order valence-electron chi connectivity index (χ3n) is 2.89. The summed E-state index contributed by atoms with van der Waals surface area (Å²) in [7, 11) is 4.54. The quantitative estimate of drug-likeness (QED) is 0.584. The Kier molecular flexibility index (Phi) is 4.85. The Morgan fingerprint density at radius 3 is 2.48 bits per heavy atom. The average molecular weight is 291 g/mol. The van der Waals surface area contributed by atoms with Crippen LogP contribution in [-0.4, -0.2) is 36.3 Å². The minimum absolute atomic E-state index is 0.309. The van der Waals surface area contributed by atoms with Crippen molar-refractivity contribution in [1.29, 1.82) is 0 Å². The van der Waals surface area contributed by atoms with E-state index in [4.69, 9.17) is 20.1 Å². The van der Waals surface area contributed by atoms with Gasteiger partial charge in [0.15, 0.2) is 0 Å². The zero-order chi connectivity index (χ0) is 15.2. The molecule has 0 radical (unpaired) electrons. The van der Waals surface area contributed by atoms with Crippen molar-refractivity contribution in [2.24, 2.45) is 5.84 Å². The largest absolute Gasteiger partial charge is 0.481 e. The predicted molar refractivity (Wildman–Crippen MR) is 75.1 cm³/mol. The molecule has 0 aromatic carbocycles. The summed E-state index contributed by atoms with van der Waals surface area (Å²) in [5.74, 6) is 6.77. The lowest BCUT2D eigenvalue weighted by molar-refractivity contribution is 0.350. The van der Waals surface area contributed by atoms with Crippen LogP contribution in [0.1, 0.15) is 17.3 Å². The van der Waals surface area contributed by atoms with Crippen LogP contribution in [-0.2, 0) is 0 Å². The predicted octanol–water partition coefficient (Wildman–Crippen LogP) is 0.450. The molecule has 2 aromatic heterocycles. The van der Waals surface area contributed by atoms with E-state index in [0.717, 1.165) is 5.56 Å². The van der Waals surface area contributed by atoms with E-state index >= 15 is 0 Å². The molecular weight excluding hydrogens is 274 g/mol. The molecule has 0 amide bonds. The fourth-order valence-electron chi connectivity index (χ4n) is 1.92. The number of pyridine rings is 1. The molecule has 0 aliphatic heterocycles. The van der Waals surface area contributed by atoms with Crippen LogP contribution in [0.5, 0.6) is 17.6 Å². The van der Waals surface area contributed by atoms with Gasteiger partial charge in [0.2, 0.25) is 17.6 Å². The molecule has 2 heterocycles. The number of rotatable bonds is 6. The first kappa shape index (κ1) is 14.9. The van der Waals surface area contributed by atoms with E-state index < -0.39 is 6.04 Å². The number of hydrogen-bond acceptors (Lipinski definition) is 8. The standard InChI is InChI=1S/C13H17N5O3/c1-19-9-7-16-11(13(17-9)21-3)10(18-14)8-5-4-6-15-12(8)20-2/h4-7,10,18H,14H2,1-3H3. The monoisotopic (exact) mass is 291 g/mol. The topological polar surface area (TPSA) is 104 Å². The summed E-state index contributed by atoms with van der Waals surface area (Å²) in [6.45, 7) is 0. The van der Waals surface area contributed by atoms with Crippen LogP contribution in [0, 0.1) is 0 Å². The first-order valence-electron chi connectivity index (χ1n) is 6.15. The van der Waals surface area contributed by atoms with E-state index in [0.29, 0.717) is 23.3 Å². The Bertz CT molecular complexity index is 608. The van der Waals surface area contributed by atoms with E-state index in [9.17, 15) is 0 Å². The van der Waals surface area contributed by atoms with Gasteiger partial charge in [-0.1, -0.05) is 6.07 Å². The van der Waals surface area contributed by atoms with Crippen LogP contribution in [0.2, 0.25) is 0 Å². The Morgan fingerprint density at radius 1 is 1.10 bits per heavy atom. The molecule has 0 fully saturated rings. The van der Waals surface area contributed by atoms with Crippen LogP contribution in [0.4, 0.5) is 0 Å². The summed E-state index contributed by atoms with van der Waals surface area (Å²) in [6, 6.07) is 3.13. The molecule has 8 heteroatoms. The second-order valence-electron chi connectivity index (χ2n) is 4.01. The summed E-state index contributed by atoms with van der Waals surface area (Å²) in [6.07, 6.45) is 3.12. The number of nitrogens with zero attached hydrogens (tertiary/aromatic N) is 3. The lowest BCUT2D eigenvalue weighted by atomic mass is 10.1. The second kappa shape index (κ2) is 6.82. The zero-order valence-corrected chi connectivity index (χ0v) is 12.0. The normalized spacial score (nSPS) is 11.8. The number of nitrogens with two attached hydrogens (primary N) is 1. The highest BCUT2D eigenvalue weighted by molar-refractivity contribution is 5.38. The van der Waals surface area contributed by atoms with Crippen LogP contribution < -0.4 is 25.5 Å². The highest BCUT2D eigenvalue weighted by Gasteiger charge is 2.24. The van der Waals surface area contributed by atoms with Crippen molar-refractivity contribution in [3.63, 3.8) is 0 Å². The van der Waals surface area contributed by atoms with Crippen molar-refractivity contribution in [1.82, 2.24) is 20.4 Å². The van der Waals surface area contributed by atoms with Crippen molar-refractivity contribution >= 4 is 0 Å². The van der Waals surface area contributed by atoms with Crippen molar-refractivity contribution in [3.05, 3.63) is 35.8 Å². The smallest absolute Gasteiger partial charge is 0.240 e. The van der Waals surface area contributed by atoms with Gasteiger partial charge in [-0.25, -0.2) is 15.4 Å². The van der Waals surface area contributed by atoms with Crippen molar-refractivity contribution in [2.45, 2.75) is 6.04 Å². The summed E-state index contributed by atoms with van der Waals surface area (Å²) in [5.41, 5.74) is 3.91. The SMILES string of the molecule is COc1cnc(C(NN)c2cccnc2OC)c(OC)n1. The van der Waals surface area contributed by atoms with Gasteiger partial charge in [0, 0.05) is 11.8 Å². The third-order valence-corrected chi connectivity index (χ3v) is 2.89. The lowest BCUT2D eigenvalue weighted by Gasteiger charge is -2.19. The molecule has 0 aliphatic rings. The van der Waals surface area contributed by atoms with E-state index in [1.807, 2.05) is 6.07 Å². The highest BCUT2D eigenvalue weighted by Crippen LogP contribution is 2.31. The molecule has 3 N–H and O–H groups in total. The fourth-order valence-corrected chi connectivity index (χ4v) is 1.92. The number of hydrazine groups is 1. The van der Waals surface area contributed by atoms with Crippen LogP contribution in [0.25, 0.3) is 0 Å². The van der Waals surface area contributed by atoms with Gasteiger partial charge in [-0.2, -0.15) is 4.98 Å². The van der Waals surface area contributed by atoms with Gasteiger partial charge in [-0.15, -0.1) is 0 Å². The maximum atomic E-state index is 5.67. The second-order valence-corrected chi connectivity index (χ2v) is 4.01. The summed E-state index contributed by atoms with van der Waals surface area (Å²) >= 11 is 0. The molecule has 1 unspecified atom stereocenters. The van der Waals surface area contributed by atoms with Crippen LogP contribution in [0.3, 0.4) is 0 Å². The van der Waals surface area contributed by atoms with Gasteiger partial charge in [0.1, 0.15) is 5.69 Å². The molecule has 1 atom stereocenters. The zero-order valence-electron chi connectivity index (χ0n) is 12.0. The van der Waals surface area contributed by atoms with E-state index in [-0.39, 0.29) is 0 Å². The molecule has 2 aromatic rings. The molecular formula is C13H17N5O3. The van der Waals surface area contributed by atoms with Gasteiger partial charge < -0.3 is 14.2 Å². The lowest BCUT2D eigenvalue weighted by Crippen LogP contribution is -2.30. The minimum Gasteiger partial charge on any atom is -0.481 e. The van der Waals surface area contributed by atoms with Crippen molar-refractivity contribution in [3.8, 4) is 17.6 Å². The molecule has 21 heavy (non-hydrogen) atoms. The number of methoxy groups -OCH3 is 3. The number of nitrogens with one attached hydrogen (secondary N) is 1. The number of aromatic nitrogens is 3. The molecule has 0 saturated carbocycles. The molecule has 8 nitrogen and oxygen atoms in total. The van der Waals surface area contributed by atoms with Gasteiger partial charge in [0.25, 0.3) is 0 Å². The van der Waals surface area contributed by atoms with Crippen LogP contribution in [0.15, 0.2) is 24.5 Å². The summed E-state index contributed by atoms with van der Waals surface area (Å²) < 4.78 is 15.5. The Morgan fingerprint density at radius 2 is 1.86 bits per heavy atom. The van der Waals surface area contributed by atoms with E-state index in [2.05, 4.69) is 20.4 Å². The molecule has 0 aliphatic carbocycles. The summed E-state index contributed by atoms with van der Waals surface area (Å²) in [5, 5.41) is 0. The van der Waals surface area contributed by atoms with Gasteiger partial charge in [-0.3, -0.25) is 5.84 Å². The van der Waals surface area contributed by atoms with Crippen LogP contribution >= 0.6 is 0 Å². The Balaban J connectivity index is 2.51. The maximum absolute atomic E-state index is 5.67. The number of ether oxygens (including phenoxy) is 3. The molecule has 0 bridgehead atoms.